The summed E-state index contributed by atoms with van der Waals surface area (Å²) in [6.45, 7) is 0.463. The normalized spacial score (nSPS) is 15.7. The first-order chi connectivity index (χ1) is 8.99. The molecule has 1 aliphatic rings. The highest BCUT2D eigenvalue weighted by Crippen LogP contribution is 2.27. The maximum Gasteiger partial charge on any atom is 0.278 e. The summed E-state index contributed by atoms with van der Waals surface area (Å²) in [4.78, 5) is 6.09. The minimum Gasteiger partial charge on any atom is -0.246 e. The van der Waals surface area contributed by atoms with Crippen molar-refractivity contribution in [3.05, 3.63) is 15.6 Å². The van der Waals surface area contributed by atoms with Gasteiger partial charge in [0.25, 0.3) is 10.2 Å². The van der Waals surface area contributed by atoms with E-state index < -0.39 is 10.2 Å². The van der Waals surface area contributed by atoms with E-state index in [1.165, 1.54) is 48.2 Å². The zero-order valence-electron chi connectivity index (χ0n) is 11.5. The summed E-state index contributed by atoms with van der Waals surface area (Å²) in [6.07, 6.45) is 6.45. The summed E-state index contributed by atoms with van der Waals surface area (Å²) in [7, 11) is -0.239. The fourth-order valence-electron chi connectivity index (χ4n) is 2.08. The number of hydrogen-bond donors (Lipinski definition) is 1. The van der Waals surface area contributed by atoms with E-state index in [0.717, 1.165) is 24.3 Å². The van der Waals surface area contributed by atoms with Gasteiger partial charge in [0, 0.05) is 31.9 Å². The average molecular weight is 303 g/mol. The zero-order valence-corrected chi connectivity index (χ0v) is 13.1. The van der Waals surface area contributed by atoms with Gasteiger partial charge in [-0.15, -0.1) is 11.3 Å². The predicted octanol–water partition coefficient (Wildman–Crippen LogP) is 1.35. The lowest BCUT2D eigenvalue weighted by Crippen LogP contribution is -2.36. The van der Waals surface area contributed by atoms with Crippen LogP contribution < -0.4 is 4.72 Å². The van der Waals surface area contributed by atoms with Crippen LogP contribution in [0.2, 0.25) is 0 Å². The third kappa shape index (κ3) is 3.98. The first-order valence-corrected chi connectivity index (χ1v) is 8.89. The number of hydrogen-bond acceptors (Lipinski definition) is 4. The van der Waals surface area contributed by atoms with Crippen molar-refractivity contribution in [2.24, 2.45) is 0 Å². The second kappa shape index (κ2) is 6.30. The van der Waals surface area contributed by atoms with Crippen LogP contribution in [0.3, 0.4) is 0 Å². The van der Waals surface area contributed by atoms with Crippen LogP contribution in [0.1, 0.15) is 34.8 Å². The molecule has 0 unspecified atom stereocenters. The van der Waals surface area contributed by atoms with Crippen LogP contribution in [0.25, 0.3) is 0 Å². The highest BCUT2D eigenvalue weighted by Gasteiger charge is 2.15. The van der Waals surface area contributed by atoms with Crippen LogP contribution in [0.4, 0.5) is 0 Å². The summed E-state index contributed by atoms with van der Waals surface area (Å²) >= 11 is 1.80. The first kappa shape index (κ1) is 14.9. The van der Waals surface area contributed by atoms with Gasteiger partial charge in [-0.3, -0.25) is 0 Å². The van der Waals surface area contributed by atoms with Gasteiger partial charge in [-0.25, -0.2) is 9.71 Å². The second-order valence-electron chi connectivity index (χ2n) is 4.97. The number of thiazole rings is 1. The Labute approximate surface area is 119 Å². The van der Waals surface area contributed by atoms with Crippen molar-refractivity contribution in [3.63, 3.8) is 0 Å². The van der Waals surface area contributed by atoms with Crippen molar-refractivity contribution in [1.82, 2.24) is 14.0 Å². The fourth-order valence-corrected chi connectivity index (χ4v) is 3.94. The van der Waals surface area contributed by atoms with Crippen LogP contribution in [0.15, 0.2) is 0 Å². The number of aromatic nitrogens is 1. The Bertz CT molecular complexity index is 500. The monoisotopic (exact) mass is 303 g/mol. The zero-order chi connectivity index (χ0) is 13.9. The quantitative estimate of drug-likeness (QED) is 0.807. The summed E-state index contributed by atoms with van der Waals surface area (Å²) in [5, 5.41) is 1.15. The summed E-state index contributed by atoms with van der Waals surface area (Å²) in [6, 6.07) is 0. The number of fused-ring (bicyclic) bond motifs is 1. The molecular weight excluding hydrogens is 282 g/mol. The lowest BCUT2D eigenvalue weighted by atomic mass is 10.0. The molecule has 0 aliphatic heterocycles. The van der Waals surface area contributed by atoms with Gasteiger partial charge in [0.15, 0.2) is 0 Å². The molecule has 1 heterocycles. The van der Waals surface area contributed by atoms with Crippen molar-refractivity contribution in [1.29, 1.82) is 0 Å². The van der Waals surface area contributed by atoms with Gasteiger partial charge < -0.3 is 0 Å². The van der Waals surface area contributed by atoms with Crippen molar-refractivity contribution in [3.8, 4) is 0 Å². The lowest BCUT2D eigenvalue weighted by Gasteiger charge is -2.11. The molecule has 19 heavy (non-hydrogen) atoms. The molecule has 0 saturated heterocycles. The molecular formula is C12H21N3O2S2. The van der Waals surface area contributed by atoms with E-state index in [1.54, 1.807) is 11.3 Å². The van der Waals surface area contributed by atoms with Crippen LogP contribution in [0.5, 0.6) is 0 Å². The van der Waals surface area contributed by atoms with E-state index in [2.05, 4.69) is 9.71 Å². The largest absolute Gasteiger partial charge is 0.278 e. The van der Waals surface area contributed by atoms with Crippen LogP contribution in [-0.4, -0.2) is 38.3 Å². The Morgan fingerprint density at radius 2 is 2.05 bits per heavy atom. The molecule has 0 aromatic carbocycles. The Morgan fingerprint density at radius 3 is 2.74 bits per heavy atom. The molecule has 1 N–H and O–H groups in total. The molecule has 0 atom stereocenters. The van der Waals surface area contributed by atoms with Crippen LogP contribution in [0, 0.1) is 0 Å². The smallest absolute Gasteiger partial charge is 0.246 e. The standard InChI is InChI=1S/C12H21N3O2S2/c1-15(2)19(16,17)13-9-5-8-12-14-10-6-3-4-7-11(10)18-12/h13H,3-9H2,1-2H3. The van der Waals surface area contributed by atoms with E-state index in [0.29, 0.717) is 6.54 Å². The maximum absolute atomic E-state index is 11.5. The van der Waals surface area contributed by atoms with Gasteiger partial charge in [0.05, 0.1) is 10.7 Å². The third-order valence-electron chi connectivity index (χ3n) is 3.22. The molecule has 2 rings (SSSR count). The van der Waals surface area contributed by atoms with E-state index in [1.807, 2.05) is 0 Å². The molecule has 0 spiro atoms. The second-order valence-corrected chi connectivity index (χ2v) is 8.11. The van der Waals surface area contributed by atoms with Crippen molar-refractivity contribution >= 4 is 21.5 Å². The fraction of sp³-hybridized carbons (Fsp3) is 0.750. The minimum atomic E-state index is -3.29. The molecule has 7 heteroatoms. The Hall–Kier alpha value is -0.500. The average Bonchev–Trinajstić information content (AvgIpc) is 2.77. The molecule has 108 valence electrons. The molecule has 0 saturated carbocycles. The lowest BCUT2D eigenvalue weighted by molar-refractivity contribution is 0.504. The topological polar surface area (TPSA) is 62.3 Å². The summed E-state index contributed by atoms with van der Waals surface area (Å²) in [5.41, 5.74) is 1.28. The third-order valence-corrected chi connectivity index (χ3v) is 5.97. The van der Waals surface area contributed by atoms with Gasteiger partial charge in [-0.1, -0.05) is 0 Å². The molecule has 1 aliphatic carbocycles. The van der Waals surface area contributed by atoms with Gasteiger partial charge in [0.1, 0.15) is 0 Å². The van der Waals surface area contributed by atoms with Gasteiger partial charge >= 0.3 is 0 Å². The van der Waals surface area contributed by atoms with E-state index in [4.69, 9.17) is 0 Å². The minimum absolute atomic E-state index is 0.463. The predicted molar refractivity (Wildman–Crippen MR) is 77.7 cm³/mol. The summed E-state index contributed by atoms with van der Waals surface area (Å²) in [5.74, 6) is 0. The van der Waals surface area contributed by atoms with Crippen LogP contribution in [-0.2, 0) is 29.5 Å². The Balaban J connectivity index is 1.79. The van der Waals surface area contributed by atoms with Crippen molar-refractivity contribution in [2.45, 2.75) is 38.5 Å². The highest BCUT2D eigenvalue weighted by molar-refractivity contribution is 7.87. The maximum atomic E-state index is 11.5. The van der Waals surface area contributed by atoms with Crippen LogP contribution >= 0.6 is 11.3 Å². The number of aryl methyl sites for hydroxylation is 3. The highest BCUT2D eigenvalue weighted by atomic mass is 32.2. The molecule has 0 radical (unpaired) electrons. The van der Waals surface area contributed by atoms with Gasteiger partial charge in [-0.05, 0) is 32.1 Å². The van der Waals surface area contributed by atoms with Crippen molar-refractivity contribution in [2.75, 3.05) is 20.6 Å². The first-order valence-electron chi connectivity index (χ1n) is 6.63. The van der Waals surface area contributed by atoms with E-state index in [-0.39, 0.29) is 0 Å². The number of nitrogens with zero attached hydrogens (tertiary/aromatic N) is 2. The van der Waals surface area contributed by atoms with E-state index in [9.17, 15) is 8.42 Å². The SMILES string of the molecule is CN(C)S(=O)(=O)NCCCc1nc2c(s1)CCCC2. The molecule has 0 amide bonds. The molecule has 5 nitrogen and oxygen atoms in total. The van der Waals surface area contributed by atoms with Gasteiger partial charge in [0.2, 0.25) is 0 Å². The van der Waals surface area contributed by atoms with E-state index >= 15 is 0 Å². The molecule has 1 aromatic heterocycles. The molecule has 1 aromatic rings. The molecule has 0 bridgehead atoms. The molecule has 0 fully saturated rings. The Morgan fingerprint density at radius 1 is 1.32 bits per heavy atom. The number of nitrogens with one attached hydrogen (secondary N) is 1. The van der Waals surface area contributed by atoms with Crippen molar-refractivity contribution < 1.29 is 8.42 Å². The Kier molecular flexibility index (Phi) is 4.94. The van der Waals surface area contributed by atoms with Gasteiger partial charge in [-0.2, -0.15) is 12.7 Å². The number of rotatable bonds is 6. The summed E-state index contributed by atoms with van der Waals surface area (Å²) < 4.78 is 26.8.